The van der Waals surface area contributed by atoms with Gasteiger partial charge in [0.05, 0.1) is 4.47 Å². The minimum Gasteiger partial charge on any atom is -0.312 e. The Morgan fingerprint density at radius 3 is 2.60 bits per heavy atom. The zero-order valence-corrected chi connectivity index (χ0v) is 12.8. The van der Waals surface area contributed by atoms with Gasteiger partial charge in [-0.05, 0) is 76.8 Å². The summed E-state index contributed by atoms with van der Waals surface area (Å²) in [5.41, 5.74) is 3.13. The van der Waals surface area contributed by atoms with Crippen molar-refractivity contribution in [3.8, 4) is 0 Å². The molecule has 0 bridgehead atoms. The molecular weight excluding hydrogens is 324 g/mol. The molecule has 0 amide bonds. The fourth-order valence-electron chi connectivity index (χ4n) is 2.05. The van der Waals surface area contributed by atoms with Gasteiger partial charge in [-0.15, -0.1) is 0 Å². The second kappa shape index (κ2) is 6.95. The van der Waals surface area contributed by atoms with Crippen LogP contribution in [0.2, 0.25) is 0 Å². The fourth-order valence-corrected chi connectivity index (χ4v) is 2.47. The summed E-state index contributed by atoms with van der Waals surface area (Å²) in [5, 5.41) is 3.30. The van der Waals surface area contributed by atoms with Crippen molar-refractivity contribution in [3.05, 3.63) is 69.2 Å². The monoisotopic (exact) mass is 339 g/mol. The van der Waals surface area contributed by atoms with Gasteiger partial charge in [-0.3, -0.25) is 0 Å². The average Bonchev–Trinajstić information content (AvgIpc) is 2.40. The first-order valence-corrected chi connectivity index (χ1v) is 7.25. The summed E-state index contributed by atoms with van der Waals surface area (Å²) in [6.07, 6.45) is 0.842. The molecule has 0 aliphatic carbocycles. The smallest absolute Gasteiger partial charge is 0.137 e. The third-order valence-electron chi connectivity index (χ3n) is 3.19. The molecule has 0 saturated carbocycles. The minimum atomic E-state index is -0.254. The molecule has 0 aliphatic rings. The molecule has 0 heterocycles. The zero-order chi connectivity index (χ0) is 14.5. The van der Waals surface area contributed by atoms with Crippen LogP contribution in [0.15, 0.2) is 40.9 Å². The van der Waals surface area contributed by atoms with Crippen molar-refractivity contribution >= 4 is 15.9 Å². The molecule has 2 aromatic carbocycles. The Morgan fingerprint density at radius 2 is 1.90 bits per heavy atom. The first kappa shape index (κ1) is 15.1. The molecule has 1 nitrogen and oxygen atoms in total. The van der Waals surface area contributed by atoms with E-state index in [0.717, 1.165) is 29.7 Å². The molecule has 1 N–H and O–H groups in total. The minimum absolute atomic E-state index is 0.199. The second-order valence-electron chi connectivity index (χ2n) is 4.75. The number of hydrogen-bond donors (Lipinski definition) is 1. The molecule has 4 heteroatoms. The van der Waals surface area contributed by atoms with E-state index in [9.17, 15) is 8.78 Å². The van der Waals surface area contributed by atoms with E-state index >= 15 is 0 Å². The topological polar surface area (TPSA) is 12.0 Å². The molecule has 0 fully saturated rings. The van der Waals surface area contributed by atoms with Crippen LogP contribution < -0.4 is 5.32 Å². The standard InChI is InChI=1S/C16H16BrF2N/c1-11-8-14(18)4-3-13(11)6-7-20-10-12-2-5-16(19)15(17)9-12/h2-5,8-9,20H,6-7,10H2,1H3. The SMILES string of the molecule is Cc1cc(F)ccc1CCNCc1ccc(F)c(Br)c1. The van der Waals surface area contributed by atoms with Gasteiger partial charge in [0.15, 0.2) is 0 Å². The van der Waals surface area contributed by atoms with Crippen LogP contribution in [0.1, 0.15) is 16.7 Å². The average molecular weight is 340 g/mol. The predicted octanol–water partition coefficient (Wildman–Crippen LogP) is 4.37. The summed E-state index contributed by atoms with van der Waals surface area (Å²) in [5.74, 6) is -0.453. The van der Waals surface area contributed by atoms with Gasteiger partial charge in [0.1, 0.15) is 11.6 Å². The van der Waals surface area contributed by atoms with Gasteiger partial charge in [-0.2, -0.15) is 0 Å². The number of benzene rings is 2. The molecule has 0 spiro atoms. The van der Waals surface area contributed by atoms with E-state index in [1.54, 1.807) is 18.2 Å². The van der Waals surface area contributed by atoms with E-state index in [1.807, 2.05) is 13.0 Å². The molecule has 0 radical (unpaired) electrons. The number of nitrogens with one attached hydrogen (secondary N) is 1. The van der Waals surface area contributed by atoms with Crippen molar-refractivity contribution in [1.29, 1.82) is 0 Å². The normalized spacial score (nSPS) is 10.8. The molecule has 0 aliphatic heterocycles. The van der Waals surface area contributed by atoms with E-state index < -0.39 is 0 Å². The van der Waals surface area contributed by atoms with Crippen molar-refractivity contribution in [3.63, 3.8) is 0 Å². The van der Waals surface area contributed by atoms with Gasteiger partial charge in [-0.25, -0.2) is 8.78 Å². The maximum absolute atomic E-state index is 13.1. The molecule has 2 aromatic rings. The third kappa shape index (κ3) is 4.12. The third-order valence-corrected chi connectivity index (χ3v) is 3.80. The van der Waals surface area contributed by atoms with Crippen LogP contribution in [0, 0.1) is 18.6 Å². The Bertz CT molecular complexity index is 599. The van der Waals surface area contributed by atoms with E-state index in [0.29, 0.717) is 11.0 Å². The fraction of sp³-hybridized carbons (Fsp3) is 0.250. The van der Waals surface area contributed by atoms with Crippen molar-refractivity contribution in [2.45, 2.75) is 19.9 Å². The van der Waals surface area contributed by atoms with Crippen molar-refractivity contribution in [2.24, 2.45) is 0 Å². The van der Waals surface area contributed by atoms with Crippen LogP contribution in [0.3, 0.4) is 0 Å². The lowest BCUT2D eigenvalue weighted by Gasteiger charge is -2.08. The Balaban J connectivity index is 1.82. The summed E-state index contributed by atoms with van der Waals surface area (Å²) < 4.78 is 26.5. The zero-order valence-electron chi connectivity index (χ0n) is 11.2. The van der Waals surface area contributed by atoms with Crippen molar-refractivity contribution in [1.82, 2.24) is 5.32 Å². The van der Waals surface area contributed by atoms with Crippen LogP contribution in [0.4, 0.5) is 8.78 Å². The Hall–Kier alpha value is -1.26. The number of aryl methyl sites for hydroxylation is 1. The predicted molar refractivity (Wildman–Crippen MR) is 80.6 cm³/mol. The highest BCUT2D eigenvalue weighted by Crippen LogP contribution is 2.16. The van der Waals surface area contributed by atoms with Crippen LogP contribution >= 0.6 is 15.9 Å². The molecule has 0 unspecified atom stereocenters. The Kier molecular flexibility index (Phi) is 5.26. The Labute approximate surface area is 126 Å². The van der Waals surface area contributed by atoms with Gasteiger partial charge < -0.3 is 5.32 Å². The molecule has 2 rings (SSSR count). The number of halogens is 3. The lowest BCUT2D eigenvalue weighted by molar-refractivity contribution is 0.617. The first-order chi connectivity index (χ1) is 9.56. The second-order valence-corrected chi connectivity index (χ2v) is 5.60. The van der Waals surface area contributed by atoms with Crippen LogP contribution in [0.5, 0.6) is 0 Å². The molecule has 0 atom stereocenters. The van der Waals surface area contributed by atoms with E-state index in [-0.39, 0.29) is 11.6 Å². The van der Waals surface area contributed by atoms with Gasteiger partial charge in [0.2, 0.25) is 0 Å². The molecule has 20 heavy (non-hydrogen) atoms. The van der Waals surface area contributed by atoms with Gasteiger partial charge in [0, 0.05) is 6.54 Å². The first-order valence-electron chi connectivity index (χ1n) is 6.46. The number of rotatable bonds is 5. The van der Waals surface area contributed by atoms with Crippen molar-refractivity contribution < 1.29 is 8.78 Å². The van der Waals surface area contributed by atoms with Crippen molar-refractivity contribution in [2.75, 3.05) is 6.54 Å². The molecular formula is C16H16BrF2N. The summed E-state index contributed by atoms with van der Waals surface area (Å²) in [4.78, 5) is 0. The highest BCUT2D eigenvalue weighted by Gasteiger charge is 2.02. The van der Waals surface area contributed by atoms with E-state index in [2.05, 4.69) is 21.2 Å². The van der Waals surface area contributed by atoms with Gasteiger partial charge in [-0.1, -0.05) is 12.1 Å². The maximum Gasteiger partial charge on any atom is 0.137 e. The summed E-state index contributed by atoms with van der Waals surface area (Å²) in [7, 11) is 0. The van der Waals surface area contributed by atoms with Gasteiger partial charge in [0.25, 0.3) is 0 Å². The van der Waals surface area contributed by atoms with Gasteiger partial charge >= 0.3 is 0 Å². The highest BCUT2D eigenvalue weighted by atomic mass is 79.9. The van der Waals surface area contributed by atoms with Crippen LogP contribution in [-0.4, -0.2) is 6.54 Å². The van der Waals surface area contributed by atoms with Crippen LogP contribution in [0.25, 0.3) is 0 Å². The largest absolute Gasteiger partial charge is 0.312 e. The van der Waals surface area contributed by atoms with E-state index in [1.165, 1.54) is 12.1 Å². The Morgan fingerprint density at radius 1 is 1.10 bits per heavy atom. The quantitative estimate of drug-likeness (QED) is 0.797. The van der Waals surface area contributed by atoms with E-state index in [4.69, 9.17) is 0 Å². The maximum atomic E-state index is 13.1. The summed E-state index contributed by atoms with van der Waals surface area (Å²) in [6.45, 7) is 3.39. The molecule has 0 aromatic heterocycles. The highest BCUT2D eigenvalue weighted by molar-refractivity contribution is 9.10. The molecule has 106 valence electrons. The lowest BCUT2D eigenvalue weighted by Crippen LogP contribution is -2.17. The summed E-state index contributed by atoms with van der Waals surface area (Å²) >= 11 is 3.17. The lowest BCUT2D eigenvalue weighted by atomic mass is 10.1. The summed E-state index contributed by atoms with van der Waals surface area (Å²) in [6, 6.07) is 9.83. The molecule has 0 saturated heterocycles. The number of hydrogen-bond acceptors (Lipinski definition) is 1. The van der Waals surface area contributed by atoms with Crippen LogP contribution in [-0.2, 0) is 13.0 Å².